The van der Waals surface area contributed by atoms with Crippen molar-refractivity contribution < 1.29 is 15.0 Å². The van der Waals surface area contributed by atoms with Crippen molar-refractivity contribution >= 4 is 5.78 Å². The van der Waals surface area contributed by atoms with E-state index in [0.29, 0.717) is 18.5 Å². The van der Waals surface area contributed by atoms with Gasteiger partial charge in [0, 0.05) is 18.5 Å². The van der Waals surface area contributed by atoms with E-state index < -0.39 is 12.2 Å². The van der Waals surface area contributed by atoms with Crippen molar-refractivity contribution in [3.63, 3.8) is 0 Å². The standard InChI is InChI=1S/C13H17NO3/c1-14-7-12(16)13(17)9-2-4-10-8(6-9)3-5-11(10)15/h2,4,6,12-14,16-17H,3,5,7H2,1H3. The van der Waals surface area contributed by atoms with Gasteiger partial charge in [-0.2, -0.15) is 0 Å². The van der Waals surface area contributed by atoms with Gasteiger partial charge in [-0.15, -0.1) is 0 Å². The topological polar surface area (TPSA) is 69.6 Å². The third-order valence-corrected chi connectivity index (χ3v) is 3.17. The summed E-state index contributed by atoms with van der Waals surface area (Å²) < 4.78 is 0. The van der Waals surface area contributed by atoms with Crippen LogP contribution < -0.4 is 5.32 Å². The zero-order valence-electron chi connectivity index (χ0n) is 9.81. The highest BCUT2D eigenvalue weighted by molar-refractivity contribution is 6.00. The molecule has 1 aliphatic carbocycles. The fraction of sp³-hybridized carbons (Fsp3) is 0.462. The van der Waals surface area contributed by atoms with Gasteiger partial charge in [0.05, 0.1) is 6.10 Å². The third kappa shape index (κ3) is 2.39. The monoisotopic (exact) mass is 235 g/mol. The Morgan fingerprint density at radius 1 is 1.35 bits per heavy atom. The Morgan fingerprint density at radius 3 is 2.82 bits per heavy atom. The van der Waals surface area contributed by atoms with Gasteiger partial charge >= 0.3 is 0 Å². The zero-order chi connectivity index (χ0) is 12.4. The van der Waals surface area contributed by atoms with Crippen molar-refractivity contribution in [3.8, 4) is 0 Å². The van der Waals surface area contributed by atoms with Gasteiger partial charge in [-0.25, -0.2) is 0 Å². The molecule has 0 aliphatic heterocycles. The van der Waals surface area contributed by atoms with E-state index in [1.54, 1.807) is 19.2 Å². The molecule has 1 aromatic rings. The summed E-state index contributed by atoms with van der Waals surface area (Å²) in [5.41, 5.74) is 2.40. The SMILES string of the molecule is CNCC(O)C(O)c1ccc2c(c1)CCC2=O. The van der Waals surface area contributed by atoms with E-state index in [4.69, 9.17) is 0 Å². The minimum absolute atomic E-state index is 0.164. The number of carbonyl (C=O) groups is 1. The number of rotatable bonds is 4. The van der Waals surface area contributed by atoms with E-state index in [2.05, 4.69) is 5.32 Å². The second kappa shape index (κ2) is 4.96. The molecule has 2 unspecified atom stereocenters. The van der Waals surface area contributed by atoms with Gasteiger partial charge in [0.1, 0.15) is 6.10 Å². The van der Waals surface area contributed by atoms with Crippen LogP contribution in [0.2, 0.25) is 0 Å². The molecule has 0 spiro atoms. The Labute approximate surface area is 100 Å². The zero-order valence-corrected chi connectivity index (χ0v) is 9.81. The first-order valence-electron chi connectivity index (χ1n) is 5.80. The molecule has 0 fully saturated rings. The lowest BCUT2D eigenvalue weighted by Crippen LogP contribution is -2.29. The molecule has 0 aromatic heterocycles. The first-order valence-corrected chi connectivity index (χ1v) is 5.80. The number of likely N-dealkylation sites (N-methyl/N-ethyl adjacent to an activating group) is 1. The molecular formula is C13H17NO3. The largest absolute Gasteiger partial charge is 0.389 e. The number of carbonyl (C=O) groups excluding carboxylic acids is 1. The summed E-state index contributed by atoms with van der Waals surface area (Å²) >= 11 is 0. The van der Waals surface area contributed by atoms with E-state index in [9.17, 15) is 15.0 Å². The van der Waals surface area contributed by atoms with E-state index in [0.717, 1.165) is 17.5 Å². The van der Waals surface area contributed by atoms with Crippen molar-refractivity contribution in [2.75, 3.05) is 13.6 Å². The first-order chi connectivity index (χ1) is 8.13. The molecule has 1 aromatic carbocycles. The van der Waals surface area contributed by atoms with Crippen molar-refractivity contribution in [1.82, 2.24) is 5.32 Å². The van der Waals surface area contributed by atoms with Gasteiger partial charge in [0.25, 0.3) is 0 Å². The summed E-state index contributed by atoms with van der Waals surface area (Å²) in [6.07, 6.45) is -0.469. The average molecular weight is 235 g/mol. The smallest absolute Gasteiger partial charge is 0.163 e. The summed E-state index contributed by atoms with van der Waals surface area (Å²) in [6.45, 7) is 0.331. The maximum Gasteiger partial charge on any atom is 0.163 e. The highest BCUT2D eigenvalue weighted by Crippen LogP contribution is 2.26. The third-order valence-electron chi connectivity index (χ3n) is 3.17. The maximum atomic E-state index is 11.5. The minimum Gasteiger partial charge on any atom is -0.389 e. The second-order valence-electron chi connectivity index (χ2n) is 4.41. The molecule has 3 N–H and O–H groups in total. The molecule has 0 saturated carbocycles. The summed E-state index contributed by atoms with van der Waals surface area (Å²) in [5, 5.41) is 22.4. The Balaban J connectivity index is 2.20. The van der Waals surface area contributed by atoms with Gasteiger partial charge in [-0.3, -0.25) is 4.79 Å². The van der Waals surface area contributed by atoms with Crippen LogP contribution in [-0.2, 0) is 6.42 Å². The molecule has 0 heterocycles. The van der Waals surface area contributed by atoms with Gasteiger partial charge in [0.2, 0.25) is 0 Å². The van der Waals surface area contributed by atoms with Gasteiger partial charge in [0.15, 0.2) is 5.78 Å². The number of aryl methyl sites for hydroxylation is 1. The molecule has 92 valence electrons. The fourth-order valence-electron chi connectivity index (χ4n) is 2.20. The van der Waals surface area contributed by atoms with Crippen LogP contribution in [0.3, 0.4) is 0 Å². The predicted molar refractivity (Wildman–Crippen MR) is 64.0 cm³/mol. The predicted octanol–water partition coefficient (Wildman–Crippen LogP) is 0.429. The van der Waals surface area contributed by atoms with Crippen LogP contribution >= 0.6 is 0 Å². The van der Waals surface area contributed by atoms with Crippen molar-refractivity contribution in [3.05, 3.63) is 34.9 Å². The number of Topliss-reactive ketones (excluding diaryl/α,β-unsaturated/α-hetero) is 1. The van der Waals surface area contributed by atoms with Crippen LogP contribution in [0.4, 0.5) is 0 Å². The lowest BCUT2D eigenvalue weighted by atomic mass is 9.99. The Kier molecular flexibility index (Phi) is 3.57. The average Bonchev–Trinajstić information content (AvgIpc) is 2.70. The molecule has 0 radical (unpaired) electrons. The van der Waals surface area contributed by atoms with Gasteiger partial charge < -0.3 is 15.5 Å². The summed E-state index contributed by atoms with van der Waals surface area (Å²) in [5.74, 6) is 0.164. The van der Waals surface area contributed by atoms with Crippen LogP contribution in [0.5, 0.6) is 0 Å². The van der Waals surface area contributed by atoms with Crippen LogP contribution in [0.1, 0.15) is 34.0 Å². The Bertz CT molecular complexity index is 431. The lowest BCUT2D eigenvalue weighted by Gasteiger charge is -2.18. The molecule has 1 aliphatic rings. The highest BCUT2D eigenvalue weighted by Gasteiger charge is 2.23. The normalized spacial score (nSPS) is 17.9. The number of hydrogen-bond acceptors (Lipinski definition) is 4. The highest BCUT2D eigenvalue weighted by atomic mass is 16.3. The lowest BCUT2D eigenvalue weighted by molar-refractivity contribution is 0.0202. The van der Waals surface area contributed by atoms with Crippen LogP contribution in [0.15, 0.2) is 18.2 Å². The van der Waals surface area contributed by atoms with Gasteiger partial charge in [-0.1, -0.05) is 18.2 Å². The molecule has 0 bridgehead atoms. The number of aliphatic hydroxyl groups excluding tert-OH is 2. The number of hydrogen-bond donors (Lipinski definition) is 3. The van der Waals surface area contributed by atoms with E-state index in [-0.39, 0.29) is 5.78 Å². The van der Waals surface area contributed by atoms with Crippen molar-refractivity contribution in [2.45, 2.75) is 25.0 Å². The fourth-order valence-corrected chi connectivity index (χ4v) is 2.20. The second-order valence-corrected chi connectivity index (χ2v) is 4.41. The van der Waals surface area contributed by atoms with E-state index in [1.807, 2.05) is 6.07 Å². The molecule has 0 saturated heterocycles. The molecule has 2 rings (SSSR count). The Morgan fingerprint density at radius 2 is 2.12 bits per heavy atom. The quantitative estimate of drug-likeness (QED) is 0.708. The van der Waals surface area contributed by atoms with Crippen LogP contribution in [0, 0.1) is 0 Å². The van der Waals surface area contributed by atoms with Crippen molar-refractivity contribution in [1.29, 1.82) is 0 Å². The van der Waals surface area contributed by atoms with E-state index >= 15 is 0 Å². The minimum atomic E-state index is -0.913. The molecule has 4 nitrogen and oxygen atoms in total. The first kappa shape index (κ1) is 12.2. The number of benzene rings is 1. The maximum absolute atomic E-state index is 11.5. The number of aliphatic hydroxyl groups is 2. The number of nitrogens with one attached hydrogen (secondary N) is 1. The number of ketones is 1. The summed E-state index contributed by atoms with van der Waals surface area (Å²) in [7, 11) is 1.72. The van der Waals surface area contributed by atoms with Crippen molar-refractivity contribution in [2.24, 2.45) is 0 Å². The molecular weight excluding hydrogens is 218 g/mol. The summed E-state index contributed by atoms with van der Waals surface area (Å²) in [4.78, 5) is 11.5. The molecule has 4 heteroatoms. The molecule has 0 amide bonds. The van der Waals surface area contributed by atoms with Crippen LogP contribution in [0.25, 0.3) is 0 Å². The summed E-state index contributed by atoms with van der Waals surface area (Å²) in [6, 6.07) is 5.28. The van der Waals surface area contributed by atoms with Crippen LogP contribution in [-0.4, -0.2) is 35.7 Å². The molecule has 17 heavy (non-hydrogen) atoms. The Hall–Kier alpha value is -1.23. The molecule has 2 atom stereocenters. The number of fused-ring (bicyclic) bond motifs is 1. The van der Waals surface area contributed by atoms with E-state index in [1.165, 1.54) is 0 Å². The van der Waals surface area contributed by atoms with Gasteiger partial charge in [-0.05, 0) is 24.6 Å².